The molecule has 52 heavy (non-hydrogen) atoms. The number of benzene rings is 1. The van der Waals surface area contributed by atoms with Crippen molar-refractivity contribution in [2.45, 2.75) is 91.4 Å². The van der Waals surface area contributed by atoms with Gasteiger partial charge in [-0.25, -0.2) is 13.2 Å². The van der Waals surface area contributed by atoms with E-state index in [9.17, 15) is 23.4 Å². The van der Waals surface area contributed by atoms with Crippen LogP contribution in [0.5, 0.6) is 0 Å². The highest BCUT2D eigenvalue weighted by molar-refractivity contribution is 7.91. The van der Waals surface area contributed by atoms with Crippen molar-refractivity contribution in [3.8, 4) is 0 Å². The van der Waals surface area contributed by atoms with Crippen LogP contribution in [0.3, 0.4) is 0 Å². The van der Waals surface area contributed by atoms with Gasteiger partial charge in [0.1, 0.15) is 0 Å². The average Bonchev–Trinajstić information content (AvgIpc) is 3.46. The number of hydrogen-bond acceptors (Lipinski definition) is 8. The van der Waals surface area contributed by atoms with Crippen molar-refractivity contribution in [2.24, 2.45) is 51.2 Å². The number of sulfone groups is 1. The molecule has 1 aromatic rings. The van der Waals surface area contributed by atoms with E-state index in [0.29, 0.717) is 31.5 Å². The van der Waals surface area contributed by atoms with E-state index in [2.05, 4.69) is 76.6 Å². The predicted molar refractivity (Wildman–Crippen MR) is 206 cm³/mol. The molecule has 0 bridgehead atoms. The maximum atomic E-state index is 12.7. The van der Waals surface area contributed by atoms with Gasteiger partial charge in [0.2, 0.25) is 0 Å². The van der Waals surface area contributed by atoms with Gasteiger partial charge < -0.3 is 25.2 Å². The van der Waals surface area contributed by atoms with E-state index in [1.54, 1.807) is 0 Å². The second kappa shape index (κ2) is 12.9. The molecule has 11 atom stereocenters. The van der Waals surface area contributed by atoms with Gasteiger partial charge in [-0.1, -0.05) is 77.1 Å². The molecular formula is C43H62N2O6S. The van der Waals surface area contributed by atoms with Gasteiger partial charge in [-0.05, 0) is 96.8 Å². The summed E-state index contributed by atoms with van der Waals surface area (Å²) in [5.41, 5.74) is 2.35. The fourth-order valence-corrected chi connectivity index (χ4v) is 14.6. The number of carbonyl (C=O) groups excluding carboxylic acids is 1. The summed E-state index contributed by atoms with van der Waals surface area (Å²) < 4.78 is 29.0. The fraction of sp³-hybridized carbons (Fsp3) is 0.698. The first kappa shape index (κ1) is 38.0. The zero-order chi connectivity index (χ0) is 37.6. The van der Waals surface area contributed by atoms with E-state index in [1.165, 1.54) is 12.7 Å². The first-order valence-electron chi connectivity index (χ1n) is 19.6. The quantitative estimate of drug-likeness (QED) is 0.234. The second-order valence-electron chi connectivity index (χ2n) is 18.7. The number of nitrogens with one attached hydrogen (secondary N) is 1. The molecule has 0 amide bonds. The minimum absolute atomic E-state index is 0.0724. The Morgan fingerprint density at radius 3 is 2.31 bits per heavy atom. The monoisotopic (exact) mass is 734 g/mol. The lowest BCUT2D eigenvalue weighted by atomic mass is 9.31. The molecule has 6 aliphatic rings. The molecule has 5 aliphatic carbocycles. The zero-order valence-electron chi connectivity index (χ0n) is 32.5. The van der Waals surface area contributed by atoms with Gasteiger partial charge in [-0.15, -0.1) is 0 Å². The topological polar surface area (TPSA) is 116 Å². The van der Waals surface area contributed by atoms with Gasteiger partial charge in [-0.2, -0.15) is 0 Å². The van der Waals surface area contributed by atoms with E-state index in [0.717, 1.165) is 43.5 Å². The molecule has 286 valence electrons. The maximum Gasteiger partial charge on any atom is 0.337 e. The highest BCUT2D eigenvalue weighted by atomic mass is 32.2. The number of nitrogens with zero attached hydrogens (tertiary/aromatic N) is 1. The van der Waals surface area contributed by atoms with Crippen LogP contribution < -0.4 is 5.32 Å². The van der Waals surface area contributed by atoms with Crippen molar-refractivity contribution in [3.63, 3.8) is 0 Å². The van der Waals surface area contributed by atoms with Crippen LogP contribution in [0.1, 0.15) is 89.6 Å². The van der Waals surface area contributed by atoms with Crippen LogP contribution >= 0.6 is 0 Å². The number of aliphatic hydroxyl groups excluding tert-OH is 2. The van der Waals surface area contributed by atoms with Crippen LogP contribution in [0.4, 0.5) is 0 Å². The number of rotatable bonds is 7. The highest BCUT2D eigenvalue weighted by Gasteiger charge is 2.74. The lowest BCUT2D eigenvalue weighted by molar-refractivity contribution is -0.288. The van der Waals surface area contributed by atoms with E-state index in [4.69, 9.17) is 4.74 Å². The van der Waals surface area contributed by atoms with Gasteiger partial charge >= 0.3 is 5.97 Å². The fourth-order valence-electron chi connectivity index (χ4n) is 13.3. The molecule has 1 aromatic carbocycles. The van der Waals surface area contributed by atoms with Gasteiger partial charge in [0.25, 0.3) is 0 Å². The second-order valence-corrected chi connectivity index (χ2v) is 21.0. The Balaban J connectivity index is 1.19. The minimum Gasteiger partial charge on any atom is -0.465 e. The standard InChI is InChI=1S/C43H62N2O6S/c1-27(2)30-15-18-43(44-19-20-45-21-23-52(49,50)24-22-45)26-36(47)41(6)32(37(30)43)13-14-33-40(5)17-16-31(28-9-11-29(12-10-28)38(48)51-8)39(3,4)34(40)25-35(46)42(33,41)7/h9-12,15-16,18,30,32-37,44,46-47H,1,13-14,17,19-26H2,2-8H3/t30-,32+,33+,34+,35-,36-,37-,40?,41?,42?,43?/m0/s1. The molecule has 7 rings (SSSR count). The van der Waals surface area contributed by atoms with Gasteiger partial charge in [0.15, 0.2) is 9.84 Å². The van der Waals surface area contributed by atoms with Crippen molar-refractivity contribution < 1.29 is 28.2 Å². The summed E-state index contributed by atoms with van der Waals surface area (Å²) in [4.78, 5) is 14.4. The molecular weight excluding hydrogens is 673 g/mol. The summed E-state index contributed by atoms with van der Waals surface area (Å²) in [6.45, 7) is 21.0. The number of esters is 1. The first-order valence-corrected chi connectivity index (χ1v) is 21.5. The number of ether oxygens (including phenoxy) is 1. The Hall–Kier alpha value is -2.30. The Labute approximate surface area is 312 Å². The number of carbonyl (C=O) groups is 1. The van der Waals surface area contributed by atoms with Gasteiger partial charge in [0.05, 0.1) is 36.4 Å². The average molecular weight is 735 g/mol. The SMILES string of the molecule is C=C(C)[C@@H]1C=CC2(NCCN3CCS(=O)(=O)CC3)C[C@H](O)C3(C)[C@H](CC[C@@H]4C5(C)CC=C(c6ccc(C(=O)OC)cc6)C(C)(C)[C@H]5C[C@H](O)C43C)[C@H]12. The summed E-state index contributed by atoms with van der Waals surface area (Å²) in [6, 6.07) is 7.75. The molecule has 4 fully saturated rings. The van der Waals surface area contributed by atoms with Gasteiger partial charge in [0, 0.05) is 48.5 Å². The van der Waals surface area contributed by atoms with Crippen LogP contribution in [0.25, 0.3) is 5.57 Å². The molecule has 3 N–H and O–H groups in total. The molecule has 8 nitrogen and oxygen atoms in total. The predicted octanol–water partition coefficient (Wildman–Crippen LogP) is 5.91. The van der Waals surface area contributed by atoms with Crippen molar-refractivity contribution in [3.05, 3.63) is 65.8 Å². The van der Waals surface area contributed by atoms with Crippen LogP contribution in [0.2, 0.25) is 0 Å². The molecule has 4 unspecified atom stereocenters. The third kappa shape index (κ3) is 5.49. The van der Waals surface area contributed by atoms with E-state index < -0.39 is 38.4 Å². The van der Waals surface area contributed by atoms with Crippen molar-refractivity contribution >= 4 is 21.4 Å². The maximum absolute atomic E-state index is 12.7. The smallest absolute Gasteiger partial charge is 0.337 e. The molecule has 0 aromatic heterocycles. The lowest BCUT2D eigenvalue weighted by Gasteiger charge is -2.74. The van der Waals surface area contributed by atoms with Crippen LogP contribution in [-0.2, 0) is 14.6 Å². The lowest BCUT2D eigenvalue weighted by Crippen LogP contribution is -2.75. The molecule has 1 heterocycles. The first-order chi connectivity index (χ1) is 24.4. The highest BCUT2D eigenvalue weighted by Crippen LogP contribution is 2.76. The Kier molecular flexibility index (Phi) is 9.42. The number of methoxy groups -OCH3 is 1. The van der Waals surface area contributed by atoms with E-state index >= 15 is 0 Å². The Morgan fingerprint density at radius 1 is 1.00 bits per heavy atom. The molecule has 9 heteroatoms. The third-order valence-corrected chi connectivity index (χ3v) is 17.8. The Morgan fingerprint density at radius 2 is 1.67 bits per heavy atom. The number of fused-ring (bicyclic) bond motifs is 7. The van der Waals surface area contributed by atoms with Gasteiger partial charge in [-0.3, -0.25) is 0 Å². The summed E-state index contributed by atoms with van der Waals surface area (Å²) in [5.74, 6) is 1.11. The number of allylic oxidation sites excluding steroid dienone is 4. The molecule has 0 radical (unpaired) electrons. The number of hydrogen-bond donors (Lipinski definition) is 3. The van der Waals surface area contributed by atoms with E-state index in [1.807, 2.05) is 24.3 Å². The van der Waals surface area contributed by atoms with E-state index in [-0.39, 0.29) is 57.9 Å². The van der Waals surface area contributed by atoms with Crippen LogP contribution in [0, 0.1) is 51.2 Å². The van der Waals surface area contributed by atoms with Crippen LogP contribution in [-0.4, -0.2) is 92.0 Å². The van der Waals surface area contributed by atoms with Crippen LogP contribution in [0.15, 0.2) is 54.6 Å². The summed E-state index contributed by atoms with van der Waals surface area (Å²) >= 11 is 0. The molecule has 1 saturated heterocycles. The largest absolute Gasteiger partial charge is 0.465 e. The third-order valence-electron chi connectivity index (χ3n) is 16.2. The number of aliphatic hydroxyl groups is 2. The van der Waals surface area contributed by atoms with Crippen molar-refractivity contribution in [1.29, 1.82) is 0 Å². The Bertz CT molecular complexity index is 1750. The zero-order valence-corrected chi connectivity index (χ0v) is 33.3. The summed E-state index contributed by atoms with van der Waals surface area (Å²) in [5, 5.41) is 29.3. The molecule has 1 aliphatic heterocycles. The summed E-state index contributed by atoms with van der Waals surface area (Å²) in [7, 11) is -1.53. The van der Waals surface area contributed by atoms with Crippen molar-refractivity contribution in [1.82, 2.24) is 10.2 Å². The molecule has 3 saturated carbocycles. The minimum atomic E-state index is -2.93. The van der Waals surface area contributed by atoms with Crippen molar-refractivity contribution in [2.75, 3.05) is 44.8 Å². The summed E-state index contributed by atoms with van der Waals surface area (Å²) in [6.07, 6.45) is 10.0. The normalized spacial score (nSPS) is 43.3. The molecule has 0 spiro atoms.